The number of hydrogen-bond donors (Lipinski definition) is 1. The fraction of sp³-hybridized carbons (Fsp3) is 0.600. The predicted octanol–water partition coefficient (Wildman–Crippen LogP) is 2.19. The lowest BCUT2D eigenvalue weighted by Crippen LogP contribution is -2.33. The SMILES string of the molecule is COCCN(C)C(CN)c1cc(C)c(C)cc1C. The van der Waals surface area contributed by atoms with E-state index in [1.165, 1.54) is 22.3 Å². The number of hydrogen-bond acceptors (Lipinski definition) is 3. The highest BCUT2D eigenvalue weighted by Crippen LogP contribution is 2.24. The van der Waals surface area contributed by atoms with Crippen LogP contribution in [-0.2, 0) is 4.74 Å². The second kappa shape index (κ2) is 6.88. The zero-order valence-corrected chi connectivity index (χ0v) is 12.3. The van der Waals surface area contributed by atoms with Crippen LogP contribution in [0.3, 0.4) is 0 Å². The molecule has 1 atom stereocenters. The van der Waals surface area contributed by atoms with Crippen molar-refractivity contribution >= 4 is 0 Å². The molecule has 0 aliphatic carbocycles. The number of methoxy groups -OCH3 is 1. The van der Waals surface area contributed by atoms with Gasteiger partial charge in [-0.05, 0) is 50.1 Å². The number of benzene rings is 1. The van der Waals surface area contributed by atoms with Gasteiger partial charge in [0.2, 0.25) is 0 Å². The second-order valence-corrected chi connectivity index (χ2v) is 5.02. The Morgan fingerprint density at radius 2 is 1.78 bits per heavy atom. The van der Waals surface area contributed by atoms with Gasteiger partial charge in [0.15, 0.2) is 0 Å². The summed E-state index contributed by atoms with van der Waals surface area (Å²) in [6.07, 6.45) is 0. The van der Waals surface area contributed by atoms with Gasteiger partial charge in [0, 0.05) is 26.2 Å². The first-order valence-electron chi connectivity index (χ1n) is 6.48. The average molecular weight is 250 g/mol. The first-order valence-corrected chi connectivity index (χ1v) is 6.48. The Labute approximate surface area is 111 Å². The minimum Gasteiger partial charge on any atom is -0.383 e. The van der Waals surface area contributed by atoms with Gasteiger partial charge in [-0.1, -0.05) is 12.1 Å². The number of aryl methyl sites for hydroxylation is 3. The van der Waals surface area contributed by atoms with E-state index < -0.39 is 0 Å². The lowest BCUT2D eigenvalue weighted by Gasteiger charge is -2.29. The quantitative estimate of drug-likeness (QED) is 0.841. The van der Waals surface area contributed by atoms with Crippen molar-refractivity contribution in [1.29, 1.82) is 0 Å². The summed E-state index contributed by atoms with van der Waals surface area (Å²) in [7, 11) is 3.83. The highest BCUT2D eigenvalue weighted by molar-refractivity contribution is 5.38. The van der Waals surface area contributed by atoms with Crippen LogP contribution >= 0.6 is 0 Å². The molecule has 0 aliphatic heterocycles. The molecule has 0 fully saturated rings. The molecule has 0 bridgehead atoms. The summed E-state index contributed by atoms with van der Waals surface area (Å²) in [5, 5.41) is 0. The monoisotopic (exact) mass is 250 g/mol. The first-order chi connectivity index (χ1) is 8.51. The van der Waals surface area contributed by atoms with Crippen LogP contribution < -0.4 is 5.73 Å². The maximum absolute atomic E-state index is 5.95. The molecule has 3 nitrogen and oxygen atoms in total. The predicted molar refractivity (Wildman–Crippen MR) is 77.0 cm³/mol. The van der Waals surface area contributed by atoms with Crippen LogP contribution in [0.5, 0.6) is 0 Å². The van der Waals surface area contributed by atoms with Gasteiger partial charge in [-0.15, -0.1) is 0 Å². The molecule has 0 aromatic heterocycles. The zero-order chi connectivity index (χ0) is 13.7. The fourth-order valence-corrected chi connectivity index (χ4v) is 2.28. The second-order valence-electron chi connectivity index (χ2n) is 5.02. The summed E-state index contributed by atoms with van der Waals surface area (Å²) >= 11 is 0. The van der Waals surface area contributed by atoms with Crippen molar-refractivity contribution in [3.8, 4) is 0 Å². The van der Waals surface area contributed by atoms with Crippen molar-refractivity contribution in [2.24, 2.45) is 5.73 Å². The van der Waals surface area contributed by atoms with Crippen LogP contribution in [0.1, 0.15) is 28.3 Å². The minimum absolute atomic E-state index is 0.263. The lowest BCUT2D eigenvalue weighted by molar-refractivity contribution is 0.140. The first kappa shape index (κ1) is 15.2. The molecule has 0 saturated heterocycles. The Kier molecular flexibility index (Phi) is 5.79. The lowest BCUT2D eigenvalue weighted by atomic mass is 9.95. The van der Waals surface area contributed by atoms with Gasteiger partial charge in [-0.2, -0.15) is 0 Å². The van der Waals surface area contributed by atoms with Crippen LogP contribution in [0.25, 0.3) is 0 Å². The Morgan fingerprint density at radius 3 is 2.33 bits per heavy atom. The molecule has 0 heterocycles. The molecule has 0 saturated carbocycles. The van der Waals surface area contributed by atoms with Crippen molar-refractivity contribution in [2.45, 2.75) is 26.8 Å². The maximum Gasteiger partial charge on any atom is 0.0589 e. The molecule has 102 valence electrons. The third-order valence-electron chi connectivity index (χ3n) is 3.64. The molecule has 0 aliphatic rings. The number of nitrogens with two attached hydrogens (primary N) is 1. The van der Waals surface area contributed by atoms with E-state index in [0.29, 0.717) is 6.54 Å². The summed E-state index contributed by atoms with van der Waals surface area (Å²) in [4.78, 5) is 2.26. The van der Waals surface area contributed by atoms with Crippen LogP contribution in [-0.4, -0.2) is 38.8 Å². The van der Waals surface area contributed by atoms with Gasteiger partial charge < -0.3 is 10.5 Å². The Balaban J connectivity index is 2.97. The van der Waals surface area contributed by atoms with Gasteiger partial charge in [0.1, 0.15) is 0 Å². The summed E-state index contributed by atoms with van der Waals surface area (Å²) in [6.45, 7) is 8.72. The van der Waals surface area contributed by atoms with Crippen molar-refractivity contribution in [1.82, 2.24) is 4.90 Å². The minimum atomic E-state index is 0.263. The topological polar surface area (TPSA) is 38.5 Å². The number of nitrogens with zero attached hydrogens (tertiary/aromatic N) is 1. The molecule has 0 radical (unpaired) electrons. The largest absolute Gasteiger partial charge is 0.383 e. The van der Waals surface area contributed by atoms with Crippen LogP contribution in [0.2, 0.25) is 0 Å². The maximum atomic E-state index is 5.95. The normalized spacial score (nSPS) is 13.1. The average Bonchev–Trinajstić information content (AvgIpc) is 2.33. The number of rotatable bonds is 6. The Hall–Kier alpha value is -0.900. The Morgan fingerprint density at radius 1 is 1.17 bits per heavy atom. The van der Waals surface area contributed by atoms with E-state index in [-0.39, 0.29) is 6.04 Å². The smallest absolute Gasteiger partial charge is 0.0589 e. The van der Waals surface area contributed by atoms with E-state index in [1.807, 2.05) is 0 Å². The molecule has 0 spiro atoms. The van der Waals surface area contributed by atoms with Gasteiger partial charge in [-0.3, -0.25) is 4.90 Å². The van der Waals surface area contributed by atoms with E-state index >= 15 is 0 Å². The van der Waals surface area contributed by atoms with Crippen molar-refractivity contribution in [3.05, 3.63) is 34.4 Å². The highest BCUT2D eigenvalue weighted by Gasteiger charge is 2.17. The van der Waals surface area contributed by atoms with E-state index in [1.54, 1.807) is 7.11 Å². The molecule has 1 unspecified atom stereocenters. The summed E-state index contributed by atoms with van der Waals surface area (Å²) in [5.41, 5.74) is 11.3. The zero-order valence-electron chi connectivity index (χ0n) is 12.3. The molecule has 0 amide bonds. The van der Waals surface area contributed by atoms with Crippen molar-refractivity contribution < 1.29 is 4.74 Å². The molecule has 18 heavy (non-hydrogen) atoms. The van der Waals surface area contributed by atoms with E-state index in [4.69, 9.17) is 10.5 Å². The number of ether oxygens (including phenoxy) is 1. The molecular formula is C15H26N2O. The third-order valence-corrected chi connectivity index (χ3v) is 3.64. The number of likely N-dealkylation sites (N-methyl/N-ethyl adjacent to an activating group) is 1. The molecule has 3 heteroatoms. The molecule has 1 aromatic rings. The fourth-order valence-electron chi connectivity index (χ4n) is 2.28. The van der Waals surface area contributed by atoms with Crippen molar-refractivity contribution in [3.63, 3.8) is 0 Å². The summed E-state index contributed by atoms with van der Waals surface area (Å²) in [6, 6.07) is 4.78. The Bertz CT molecular complexity index is 390. The summed E-state index contributed by atoms with van der Waals surface area (Å²) < 4.78 is 5.13. The van der Waals surface area contributed by atoms with Crippen LogP contribution in [0, 0.1) is 20.8 Å². The third kappa shape index (κ3) is 3.55. The van der Waals surface area contributed by atoms with Gasteiger partial charge in [-0.25, -0.2) is 0 Å². The standard InChI is InChI=1S/C15H26N2O/c1-11-8-13(3)14(9-12(11)2)15(10-16)17(4)6-7-18-5/h8-9,15H,6-7,10,16H2,1-5H3. The van der Waals surface area contributed by atoms with E-state index in [9.17, 15) is 0 Å². The summed E-state index contributed by atoms with van der Waals surface area (Å²) in [5.74, 6) is 0. The molecule has 2 N–H and O–H groups in total. The van der Waals surface area contributed by atoms with Gasteiger partial charge in [0.25, 0.3) is 0 Å². The van der Waals surface area contributed by atoms with E-state index in [2.05, 4.69) is 44.9 Å². The van der Waals surface area contributed by atoms with Crippen LogP contribution in [0.15, 0.2) is 12.1 Å². The van der Waals surface area contributed by atoms with Gasteiger partial charge >= 0.3 is 0 Å². The van der Waals surface area contributed by atoms with E-state index in [0.717, 1.165) is 13.2 Å². The van der Waals surface area contributed by atoms with Gasteiger partial charge in [0.05, 0.1) is 6.61 Å². The van der Waals surface area contributed by atoms with Crippen molar-refractivity contribution in [2.75, 3.05) is 33.9 Å². The highest BCUT2D eigenvalue weighted by atomic mass is 16.5. The molecule has 1 aromatic carbocycles. The molecule has 1 rings (SSSR count). The van der Waals surface area contributed by atoms with Crippen LogP contribution in [0.4, 0.5) is 0 Å². The molecular weight excluding hydrogens is 224 g/mol.